The molecule has 0 saturated carbocycles. The predicted molar refractivity (Wildman–Crippen MR) is 102 cm³/mol. The number of aromatic hydroxyl groups is 1. The molecule has 26 heavy (non-hydrogen) atoms. The summed E-state index contributed by atoms with van der Waals surface area (Å²) in [4.78, 5) is 12.2. The highest BCUT2D eigenvalue weighted by atomic mass is 16.5. The number of hydrogen-bond donors (Lipinski definition) is 2. The van der Waals surface area contributed by atoms with Gasteiger partial charge >= 0.3 is 0 Å². The fraction of sp³-hybridized carbons (Fsp3) is 0.143. The maximum Gasteiger partial charge on any atom is 0.280 e. The number of nitrogens with one attached hydrogen (secondary N) is 1. The Morgan fingerprint density at radius 3 is 2.50 bits per heavy atom. The van der Waals surface area contributed by atoms with Gasteiger partial charge < -0.3 is 9.84 Å². The summed E-state index contributed by atoms with van der Waals surface area (Å²) < 4.78 is 5.72. The van der Waals surface area contributed by atoms with Gasteiger partial charge in [0.1, 0.15) is 11.5 Å². The first kappa shape index (κ1) is 17.5. The van der Waals surface area contributed by atoms with Crippen LogP contribution in [0.25, 0.3) is 10.8 Å². The SMILES string of the molecule is CC(=NNC(=O)C(C)Oc1ccc2ccccc2c1)c1ccccc1O. The van der Waals surface area contributed by atoms with Crippen molar-refractivity contribution in [1.29, 1.82) is 0 Å². The lowest BCUT2D eigenvalue weighted by atomic mass is 10.1. The molecule has 0 fully saturated rings. The van der Waals surface area contributed by atoms with Gasteiger partial charge in [0.15, 0.2) is 6.10 Å². The molecular weight excluding hydrogens is 328 g/mol. The van der Waals surface area contributed by atoms with Gasteiger partial charge in [0.2, 0.25) is 0 Å². The Hall–Kier alpha value is -3.34. The monoisotopic (exact) mass is 348 g/mol. The van der Waals surface area contributed by atoms with Crippen molar-refractivity contribution in [1.82, 2.24) is 5.43 Å². The Morgan fingerprint density at radius 1 is 1.04 bits per heavy atom. The molecule has 3 aromatic carbocycles. The van der Waals surface area contributed by atoms with E-state index in [1.54, 1.807) is 38.1 Å². The third kappa shape index (κ3) is 4.00. The number of benzene rings is 3. The van der Waals surface area contributed by atoms with Crippen LogP contribution in [-0.2, 0) is 4.79 Å². The van der Waals surface area contributed by atoms with Gasteiger partial charge in [0.25, 0.3) is 5.91 Å². The summed E-state index contributed by atoms with van der Waals surface area (Å²) in [5.74, 6) is 0.365. The van der Waals surface area contributed by atoms with Crippen LogP contribution in [0, 0.1) is 0 Å². The Bertz CT molecular complexity index is 966. The summed E-state index contributed by atoms with van der Waals surface area (Å²) >= 11 is 0. The number of amides is 1. The van der Waals surface area contributed by atoms with E-state index >= 15 is 0 Å². The minimum atomic E-state index is -0.711. The number of carbonyl (C=O) groups is 1. The van der Waals surface area contributed by atoms with Gasteiger partial charge in [-0.2, -0.15) is 5.10 Å². The lowest BCUT2D eigenvalue weighted by Gasteiger charge is -2.14. The van der Waals surface area contributed by atoms with Gasteiger partial charge in [-0.15, -0.1) is 0 Å². The molecule has 3 aromatic rings. The van der Waals surface area contributed by atoms with E-state index in [-0.39, 0.29) is 11.7 Å². The maximum atomic E-state index is 12.2. The van der Waals surface area contributed by atoms with Crippen molar-refractivity contribution in [2.75, 3.05) is 0 Å². The van der Waals surface area contributed by atoms with E-state index in [2.05, 4.69) is 10.5 Å². The van der Waals surface area contributed by atoms with E-state index in [9.17, 15) is 9.90 Å². The van der Waals surface area contributed by atoms with Crippen LogP contribution in [-0.4, -0.2) is 22.8 Å². The fourth-order valence-corrected chi connectivity index (χ4v) is 2.57. The van der Waals surface area contributed by atoms with Crippen molar-refractivity contribution in [2.45, 2.75) is 20.0 Å². The number of phenols is 1. The molecule has 5 nitrogen and oxygen atoms in total. The van der Waals surface area contributed by atoms with Gasteiger partial charge in [0, 0.05) is 5.56 Å². The van der Waals surface area contributed by atoms with Crippen molar-refractivity contribution in [3.63, 3.8) is 0 Å². The van der Waals surface area contributed by atoms with Gasteiger partial charge in [-0.3, -0.25) is 4.79 Å². The highest BCUT2D eigenvalue weighted by Gasteiger charge is 2.15. The number of nitrogens with zero attached hydrogens (tertiary/aromatic N) is 1. The summed E-state index contributed by atoms with van der Waals surface area (Å²) in [6.45, 7) is 3.37. The molecule has 3 rings (SSSR count). The number of phenolic OH excluding ortho intramolecular Hbond substituents is 1. The van der Waals surface area contributed by atoms with E-state index < -0.39 is 6.10 Å². The van der Waals surface area contributed by atoms with Crippen molar-refractivity contribution in [3.8, 4) is 11.5 Å². The Morgan fingerprint density at radius 2 is 1.73 bits per heavy atom. The average Bonchev–Trinajstić information content (AvgIpc) is 2.66. The Kier molecular flexibility index (Phi) is 5.17. The third-order valence-electron chi connectivity index (χ3n) is 4.03. The molecule has 0 aliphatic carbocycles. The normalized spacial score (nSPS) is 12.6. The number of carbonyl (C=O) groups excluding carboxylic acids is 1. The highest BCUT2D eigenvalue weighted by molar-refractivity contribution is 6.01. The molecule has 0 bridgehead atoms. The lowest BCUT2D eigenvalue weighted by Crippen LogP contribution is -2.33. The summed E-state index contributed by atoms with van der Waals surface area (Å²) in [6.07, 6.45) is -0.711. The first-order valence-electron chi connectivity index (χ1n) is 8.32. The molecule has 0 saturated heterocycles. The molecule has 5 heteroatoms. The van der Waals surface area contributed by atoms with Crippen LogP contribution >= 0.6 is 0 Å². The second kappa shape index (κ2) is 7.70. The molecule has 2 N–H and O–H groups in total. The molecule has 1 amide bonds. The van der Waals surface area contributed by atoms with Crippen LogP contribution in [0.3, 0.4) is 0 Å². The van der Waals surface area contributed by atoms with Crippen molar-refractivity contribution < 1.29 is 14.6 Å². The number of hydrogen-bond acceptors (Lipinski definition) is 4. The lowest BCUT2D eigenvalue weighted by molar-refractivity contribution is -0.127. The number of para-hydroxylation sites is 1. The minimum Gasteiger partial charge on any atom is -0.507 e. The van der Waals surface area contributed by atoms with Gasteiger partial charge in [0.05, 0.1) is 5.71 Å². The van der Waals surface area contributed by atoms with Crippen LogP contribution < -0.4 is 10.2 Å². The molecule has 0 spiro atoms. The van der Waals surface area contributed by atoms with Crippen molar-refractivity contribution in [3.05, 3.63) is 72.3 Å². The highest BCUT2D eigenvalue weighted by Crippen LogP contribution is 2.21. The van der Waals surface area contributed by atoms with E-state index in [1.807, 2.05) is 42.5 Å². The van der Waals surface area contributed by atoms with Crippen molar-refractivity contribution >= 4 is 22.4 Å². The largest absolute Gasteiger partial charge is 0.507 e. The second-order valence-electron chi connectivity index (χ2n) is 5.96. The van der Waals surface area contributed by atoms with Crippen LogP contribution in [0.4, 0.5) is 0 Å². The zero-order valence-electron chi connectivity index (χ0n) is 14.6. The minimum absolute atomic E-state index is 0.114. The average molecular weight is 348 g/mol. The molecule has 0 aliphatic rings. The summed E-state index contributed by atoms with van der Waals surface area (Å²) in [7, 11) is 0. The Labute approximate surface area is 151 Å². The van der Waals surface area contributed by atoms with Crippen LogP contribution in [0.2, 0.25) is 0 Å². The van der Waals surface area contributed by atoms with Crippen LogP contribution in [0.5, 0.6) is 11.5 Å². The summed E-state index contributed by atoms with van der Waals surface area (Å²) in [5.41, 5.74) is 3.55. The van der Waals surface area contributed by atoms with E-state index in [0.29, 0.717) is 17.0 Å². The van der Waals surface area contributed by atoms with E-state index in [4.69, 9.17) is 4.74 Å². The van der Waals surface area contributed by atoms with Crippen molar-refractivity contribution in [2.24, 2.45) is 5.10 Å². The summed E-state index contributed by atoms with van der Waals surface area (Å²) in [6, 6.07) is 20.5. The number of ether oxygens (including phenoxy) is 1. The maximum absolute atomic E-state index is 12.2. The fourth-order valence-electron chi connectivity index (χ4n) is 2.57. The Balaban J connectivity index is 1.65. The topological polar surface area (TPSA) is 70.9 Å². The molecule has 1 unspecified atom stereocenters. The summed E-state index contributed by atoms with van der Waals surface area (Å²) in [5, 5.41) is 16.0. The van der Waals surface area contributed by atoms with E-state index in [0.717, 1.165) is 10.8 Å². The smallest absolute Gasteiger partial charge is 0.280 e. The first-order valence-corrected chi connectivity index (χ1v) is 8.32. The van der Waals surface area contributed by atoms with Gasteiger partial charge in [-0.25, -0.2) is 5.43 Å². The number of rotatable bonds is 5. The predicted octanol–water partition coefficient (Wildman–Crippen LogP) is 3.85. The molecule has 0 aliphatic heterocycles. The van der Waals surface area contributed by atoms with Gasteiger partial charge in [-0.05, 0) is 48.9 Å². The first-order chi connectivity index (χ1) is 12.5. The number of fused-ring (bicyclic) bond motifs is 1. The quantitative estimate of drug-likeness (QED) is 0.543. The van der Waals surface area contributed by atoms with Crippen LogP contribution in [0.15, 0.2) is 71.8 Å². The third-order valence-corrected chi connectivity index (χ3v) is 4.03. The standard InChI is InChI=1S/C21H20N2O3/c1-14(19-9-5-6-10-20(19)24)22-23-21(25)15(2)26-18-12-11-16-7-3-4-8-17(16)13-18/h3-13,15,24H,1-2H3,(H,23,25). The number of hydrazone groups is 1. The molecule has 0 heterocycles. The molecule has 0 aromatic heterocycles. The molecule has 1 atom stereocenters. The zero-order valence-corrected chi connectivity index (χ0v) is 14.6. The molecular formula is C21H20N2O3. The van der Waals surface area contributed by atoms with Crippen LogP contribution in [0.1, 0.15) is 19.4 Å². The van der Waals surface area contributed by atoms with Gasteiger partial charge in [-0.1, -0.05) is 42.5 Å². The zero-order chi connectivity index (χ0) is 18.5. The second-order valence-corrected chi connectivity index (χ2v) is 5.96. The molecule has 132 valence electrons. The van der Waals surface area contributed by atoms with E-state index in [1.165, 1.54) is 0 Å². The molecule has 0 radical (unpaired) electrons.